The topological polar surface area (TPSA) is 12.9 Å². The molecule has 0 fully saturated rings. The summed E-state index contributed by atoms with van der Waals surface area (Å²) in [6.07, 6.45) is 6.50. The first-order valence-corrected chi connectivity index (χ1v) is 5.96. The smallest absolute Gasteiger partial charge is 0.0302 e. The second kappa shape index (κ2) is 3.62. The van der Waals surface area contributed by atoms with Crippen molar-refractivity contribution in [2.24, 2.45) is 11.3 Å². The van der Waals surface area contributed by atoms with Gasteiger partial charge in [-0.1, -0.05) is 34.1 Å². The molecular formula is C14H21N. The van der Waals surface area contributed by atoms with Crippen molar-refractivity contribution in [3.63, 3.8) is 0 Å². The van der Waals surface area contributed by atoms with Gasteiger partial charge in [0.15, 0.2) is 0 Å². The van der Waals surface area contributed by atoms with E-state index >= 15 is 0 Å². The first-order valence-electron chi connectivity index (χ1n) is 5.96. The van der Waals surface area contributed by atoms with Crippen LogP contribution in [-0.2, 0) is 6.42 Å². The van der Waals surface area contributed by atoms with Crippen LogP contribution in [-0.4, -0.2) is 4.98 Å². The van der Waals surface area contributed by atoms with Crippen LogP contribution in [0.3, 0.4) is 0 Å². The van der Waals surface area contributed by atoms with Gasteiger partial charge >= 0.3 is 0 Å². The largest absolute Gasteiger partial charge is 0.264 e. The summed E-state index contributed by atoms with van der Waals surface area (Å²) >= 11 is 0. The van der Waals surface area contributed by atoms with E-state index in [4.69, 9.17) is 0 Å². The number of nitrogens with zero attached hydrogens (tertiary/aromatic N) is 1. The first kappa shape index (κ1) is 10.7. The number of aromatic nitrogens is 1. The summed E-state index contributed by atoms with van der Waals surface area (Å²) in [5.74, 6) is 1.52. The molecule has 1 aliphatic rings. The zero-order valence-electron chi connectivity index (χ0n) is 10.2. The molecule has 0 aliphatic heterocycles. The van der Waals surface area contributed by atoms with Crippen LogP contribution >= 0.6 is 0 Å². The lowest BCUT2D eigenvalue weighted by molar-refractivity contribution is 0.246. The lowest BCUT2D eigenvalue weighted by Crippen LogP contribution is -2.22. The minimum atomic E-state index is 0.368. The van der Waals surface area contributed by atoms with E-state index in [9.17, 15) is 0 Å². The predicted molar refractivity (Wildman–Crippen MR) is 63.9 cm³/mol. The minimum absolute atomic E-state index is 0.368. The Morgan fingerprint density at radius 3 is 2.73 bits per heavy atom. The third kappa shape index (κ3) is 1.80. The SMILES string of the molecule is CCC1Cc2cnccc2C1C(C)(C)C. The van der Waals surface area contributed by atoms with Crippen molar-refractivity contribution in [2.45, 2.75) is 46.5 Å². The van der Waals surface area contributed by atoms with Crippen molar-refractivity contribution in [2.75, 3.05) is 0 Å². The van der Waals surface area contributed by atoms with Crippen LogP contribution in [0, 0.1) is 11.3 Å². The van der Waals surface area contributed by atoms with Crippen LogP contribution < -0.4 is 0 Å². The average Bonchev–Trinajstić information content (AvgIpc) is 2.54. The van der Waals surface area contributed by atoms with Crippen molar-refractivity contribution >= 4 is 0 Å². The molecule has 0 amide bonds. The molecule has 15 heavy (non-hydrogen) atoms. The fourth-order valence-corrected chi connectivity index (χ4v) is 3.12. The predicted octanol–water partition coefficient (Wildman–Crippen LogP) is 3.79. The maximum Gasteiger partial charge on any atom is 0.0302 e. The van der Waals surface area contributed by atoms with Gasteiger partial charge in [0.05, 0.1) is 0 Å². The Hall–Kier alpha value is -0.850. The Kier molecular flexibility index (Phi) is 2.57. The van der Waals surface area contributed by atoms with Crippen molar-refractivity contribution in [1.82, 2.24) is 4.98 Å². The highest BCUT2D eigenvalue weighted by Crippen LogP contribution is 2.49. The molecule has 1 nitrogen and oxygen atoms in total. The number of fused-ring (bicyclic) bond motifs is 1. The Balaban J connectivity index is 2.43. The summed E-state index contributed by atoms with van der Waals surface area (Å²) in [7, 11) is 0. The number of hydrogen-bond acceptors (Lipinski definition) is 1. The fraction of sp³-hybridized carbons (Fsp3) is 0.643. The molecule has 2 rings (SSSR count). The molecule has 0 radical (unpaired) electrons. The zero-order chi connectivity index (χ0) is 11.1. The van der Waals surface area contributed by atoms with Gasteiger partial charge in [-0.05, 0) is 40.9 Å². The molecule has 82 valence electrons. The lowest BCUT2D eigenvalue weighted by atomic mass is 9.72. The second-order valence-electron chi connectivity index (χ2n) is 5.79. The number of hydrogen-bond donors (Lipinski definition) is 0. The summed E-state index contributed by atoms with van der Waals surface area (Å²) in [6.45, 7) is 9.38. The molecule has 2 unspecified atom stereocenters. The molecule has 0 aromatic carbocycles. The maximum atomic E-state index is 4.24. The summed E-state index contributed by atoms with van der Waals surface area (Å²) in [4.78, 5) is 4.24. The van der Waals surface area contributed by atoms with Gasteiger partial charge in [0.25, 0.3) is 0 Å². The van der Waals surface area contributed by atoms with Gasteiger partial charge in [-0.25, -0.2) is 0 Å². The highest BCUT2D eigenvalue weighted by molar-refractivity contribution is 5.35. The fourth-order valence-electron chi connectivity index (χ4n) is 3.12. The number of pyridine rings is 1. The van der Waals surface area contributed by atoms with Crippen LogP contribution in [0.2, 0.25) is 0 Å². The van der Waals surface area contributed by atoms with E-state index in [2.05, 4.69) is 44.9 Å². The Morgan fingerprint density at radius 2 is 2.13 bits per heavy atom. The van der Waals surface area contributed by atoms with E-state index in [0.29, 0.717) is 11.3 Å². The standard InChI is InChI=1S/C14H21N/c1-5-10-8-11-9-15-7-6-12(11)13(10)14(2,3)4/h6-7,9-10,13H,5,8H2,1-4H3. The summed E-state index contributed by atoms with van der Waals surface area (Å²) < 4.78 is 0. The molecule has 0 bridgehead atoms. The first-order chi connectivity index (χ1) is 7.04. The molecule has 2 atom stereocenters. The van der Waals surface area contributed by atoms with Crippen LogP contribution in [0.5, 0.6) is 0 Å². The number of rotatable bonds is 1. The third-order valence-electron chi connectivity index (χ3n) is 3.69. The van der Waals surface area contributed by atoms with Gasteiger partial charge in [-0.2, -0.15) is 0 Å². The molecular weight excluding hydrogens is 182 g/mol. The highest BCUT2D eigenvalue weighted by Gasteiger charge is 2.38. The van der Waals surface area contributed by atoms with E-state index in [1.165, 1.54) is 18.4 Å². The van der Waals surface area contributed by atoms with E-state index in [-0.39, 0.29) is 0 Å². The van der Waals surface area contributed by atoms with Gasteiger partial charge in [-0.3, -0.25) is 4.98 Å². The van der Waals surface area contributed by atoms with Gasteiger partial charge < -0.3 is 0 Å². The Labute approximate surface area is 92.9 Å². The van der Waals surface area contributed by atoms with Crippen molar-refractivity contribution in [3.05, 3.63) is 29.6 Å². The van der Waals surface area contributed by atoms with Gasteiger partial charge in [0.1, 0.15) is 0 Å². The normalized spacial score (nSPS) is 25.3. The molecule has 1 heteroatoms. The summed E-state index contributed by atoms with van der Waals surface area (Å²) in [5, 5.41) is 0. The minimum Gasteiger partial charge on any atom is -0.264 e. The third-order valence-corrected chi connectivity index (χ3v) is 3.69. The zero-order valence-corrected chi connectivity index (χ0v) is 10.2. The Bertz CT molecular complexity index is 349. The van der Waals surface area contributed by atoms with Gasteiger partial charge in [-0.15, -0.1) is 0 Å². The van der Waals surface area contributed by atoms with Crippen LogP contribution in [0.25, 0.3) is 0 Å². The van der Waals surface area contributed by atoms with E-state index < -0.39 is 0 Å². The van der Waals surface area contributed by atoms with E-state index in [1.807, 2.05) is 6.20 Å². The van der Waals surface area contributed by atoms with Crippen molar-refractivity contribution in [1.29, 1.82) is 0 Å². The molecule has 1 aliphatic carbocycles. The summed E-state index contributed by atoms with van der Waals surface area (Å²) in [6, 6.07) is 2.22. The van der Waals surface area contributed by atoms with E-state index in [0.717, 1.165) is 5.92 Å². The van der Waals surface area contributed by atoms with Gasteiger partial charge in [0, 0.05) is 12.4 Å². The van der Waals surface area contributed by atoms with Crippen LogP contribution in [0.15, 0.2) is 18.5 Å². The molecule has 1 heterocycles. The van der Waals surface area contributed by atoms with Gasteiger partial charge in [0.2, 0.25) is 0 Å². The van der Waals surface area contributed by atoms with Crippen LogP contribution in [0.1, 0.15) is 51.2 Å². The van der Waals surface area contributed by atoms with Crippen molar-refractivity contribution in [3.8, 4) is 0 Å². The van der Waals surface area contributed by atoms with Crippen molar-refractivity contribution < 1.29 is 0 Å². The molecule has 0 saturated heterocycles. The lowest BCUT2D eigenvalue weighted by Gasteiger charge is -2.32. The Morgan fingerprint density at radius 1 is 1.40 bits per heavy atom. The molecule has 0 spiro atoms. The summed E-state index contributed by atoms with van der Waals surface area (Å²) in [5.41, 5.74) is 3.39. The maximum absolute atomic E-state index is 4.24. The highest BCUT2D eigenvalue weighted by atomic mass is 14.6. The quantitative estimate of drug-likeness (QED) is 0.676. The molecule has 0 N–H and O–H groups in total. The van der Waals surface area contributed by atoms with Crippen LogP contribution in [0.4, 0.5) is 0 Å². The second-order valence-corrected chi connectivity index (χ2v) is 5.79. The van der Waals surface area contributed by atoms with E-state index in [1.54, 1.807) is 5.56 Å². The average molecular weight is 203 g/mol. The monoisotopic (exact) mass is 203 g/mol. The molecule has 0 saturated carbocycles. The molecule has 1 aromatic heterocycles. The molecule has 1 aromatic rings.